The van der Waals surface area contributed by atoms with E-state index in [4.69, 9.17) is 23.2 Å². The first-order valence-electron chi connectivity index (χ1n) is 5.89. The molecule has 3 nitrogen and oxygen atoms in total. The van der Waals surface area contributed by atoms with Crippen molar-refractivity contribution in [2.45, 2.75) is 0 Å². The van der Waals surface area contributed by atoms with Gasteiger partial charge >= 0.3 is 6.03 Å². The Morgan fingerprint density at radius 1 is 0.900 bits per heavy atom. The molecule has 5 heteroatoms. The van der Waals surface area contributed by atoms with Crippen LogP contribution in [0.4, 0.5) is 10.5 Å². The fourth-order valence-corrected chi connectivity index (χ4v) is 1.74. The minimum Gasteiger partial charge on any atom is -0.314 e. The average molecular weight is 307 g/mol. The lowest BCUT2D eigenvalue weighted by atomic mass is 10.2. The third-order valence-corrected chi connectivity index (χ3v) is 2.97. The largest absolute Gasteiger partial charge is 0.323 e. The molecule has 0 bridgehead atoms. The SMILES string of the molecule is O=C(NC=Cc1ccc(Cl)cc1)Nc1ccc(Cl)cc1. The second-order valence-electron chi connectivity index (χ2n) is 3.99. The maximum absolute atomic E-state index is 11.6. The van der Waals surface area contributed by atoms with Gasteiger partial charge in [0.2, 0.25) is 0 Å². The molecule has 20 heavy (non-hydrogen) atoms. The number of anilines is 1. The van der Waals surface area contributed by atoms with Crippen LogP contribution >= 0.6 is 23.2 Å². The van der Waals surface area contributed by atoms with Crippen LogP contribution in [0.5, 0.6) is 0 Å². The van der Waals surface area contributed by atoms with Crippen LogP contribution in [0.15, 0.2) is 54.7 Å². The maximum atomic E-state index is 11.6. The summed E-state index contributed by atoms with van der Waals surface area (Å²) in [7, 11) is 0. The lowest BCUT2D eigenvalue weighted by Gasteiger charge is -2.04. The van der Waals surface area contributed by atoms with Gasteiger partial charge < -0.3 is 10.6 Å². The summed E-state index contributed by atoms with van der Waals surface area (Å²) >= 11 is 11.5. The van der Waals surface area contributed by atoms with Gasteiger partial charge in [0.25, 0.3) is 0 Å². The second-order valence-corrected chi connectivity index (χ2v) is 4.86. The van der Waals surface area contributed by atoms with Gasteiger partial charge in [-0.05, 0) is 48.0 Å². The predicted octanol–water partition coefficient (Wildman–Crippen LogP) is 4.79. The van der Waals surface area contributed by atoms with Gasteiger partial charge in [0.1, 0.15) is 0 Å². The average Bonchev–Trinajstić information content (AvgIpc) is 2.44. The Morgan fingerprint density at radius 2 is 1.45 bits per heavy atom. The van der Waals surface area contributed by atoms with Gasteiger partial charge in [-0.1, -0.05) is 35.3 Å². The van der Waals surface area contributed by atoms with Crippen molar-refractivity contribution >= 4 is 41.0 Å². The first-order chi connectivity index (χ1) is 9.63. The van der Waals surface area contributed by atoms with Crippen LogP contribution in [-0.2, 0) is 0 Å². The summed E-state index contributed by atoms with van der Waals surface area (Å²) in [6.07, 6.45) is 3.34. The van der Waals surface area contributed by atoms with Crippen molar-refractivity contribution in [1.29, 1.82) is 0 Å². The number of urea groups is 1. The predicted molar refractivity (Wildman–Crippen MR) is 84.1 cm³/mol. The fraction of sp³-hybridized carbons (Fsp3) is 0. The highest BCUT2D eigenvalue weighted by Crippen LogP contribution is 2.13. The van der Waals surface area contributed by atoms with Crippen molar-refractivity contribution in [3.63, 3.8) is 0 Å². The molecule has 0 aromatic heterocycles. The number of carbonyl (C=O) groups is 1. The molecule has 0 aliphatic heterocycles. The van der Waals surface area contributed by atoms with Crippen molar-refractivity contribution in [2.75, 3.05) is 5.32 Å². The standard InChI is InChI=1S/C15H12Cl2N2O/c16-12-3-1-11(2-4-12)9-10-18-15(20)19-14-7-5-13(17)6-8-14/h1-10H,(H2,18,19,20). The smallest absolute Gasteiger partial charge is 0.314 e. The Labute approximate surface area is 127 Å². The minimum atomic E-state index is -0.322. The van der Waals surface area contributed by atoms with Gasteiger partial charge in [0.15, 0.2) is 0 Å². The van der Waals surface area contributed by atoms with E-state index in [1.54, 1.807) is 48.7 Å². The first-order valence-corrected chi connectivity index (χ1v) is 6.64. The summed E-state index contributed by atoms with van der Waals surface area (Å²) in [6.45, 7) is 0. The Bertz CT molecular complexity index is 607. The summed E-state index contributed by atoms with van der Waals surface area (Å²) in [6, 6.07) is 13.8. The number of amides is 2. The minimum absolute atomic E-state index is 0.322. The topological polar surface area (TPSA) is 41.1 Å². The number of halogens is 2. The van der Waals surface area contributed by atoms with Crippen LogP contribution in [0, 0.1) is 0 Å². The molecule has 2 amide bonds. The molecule has 0 unspecified atom stereocenters. The summed E-state index contributed by atoms with van der Waals surface area (Å²) in [5.41, 5.74) is 1.62. The quantitative estimate of drug-likeness (QED) is 0.841. The molecule has 2 N–H and O–H groups in total. The van der Waals surface area contributed by atoms with Crippen LogP contribution in [0.3, 0.4) is 0 Å². The number of benzene rings is 2. The number of rotatable bonds is 3. The number of carbonyl (C=O) groups excluding carboxylic acids is 1. The van der Waals surface area contributed by atoms with E-state index < -0.39 is 0 Å². The molecule has 0 atom stereocenters. The van der Waals surface area contributed by atoms with Crippen LogP contribution in [0.1, 0.15) is 5.56 Å². The molecule has 2 aromatic rings. The molecule has 0 aliphatic carbocycles. The highest BCUT2D eigenvalue weighted by atomic mass is 35.5. The lowest BCUT2D eigenvalue weighted by molar-refractivity contribution is 0.255. The molecule has 0 radical (unpaired) electrons. The maximum Gasteiger partial charge on any atom is 0.323 e. The summed E-state index contributed by atoms with van der Waals surface area (Å²) in [4.78, 5) is 11.6. The number of hydrogen-bond acceptors (Lipinski definition) is 1. The molecule has 0 heterocycles. The molecular formula is C15H12Cl2N2O. The molecule has 2 aromatic carbocycles. The van der Waals surface area contributed by atoms with Crippen molar-refractivity contribution in [2.24, 2.45) is 0 Å². The van der Waals surface area contributed by atoms with Gasteiger partial charge in [0, 0.05) is 21.9 Å². The third-order valence-electron chi connectivity index (χ3n) is 2.46. The van der Waals surface area contributed by atoms with Crippen LogP contribution in [0.25, 0.3) is 6.08 Å². The third kappa shape index (κ3) is 4.61. The molecule has 0 saturated carbocycles. The number of nitrogens with one attached hydrogen (secondary N) is 2. The summed E-state index contributed by atoms with van der Waals surface area (Å²) in [5.74, 6) is 0. The summed E-state index contributed by atoms with van der Waals surface area (Å²) < 4.78 is 0. The van der Waals surface area contributed by atoms with Crippen molar-refractivity contribution in [1.82, 2.24) is 5.32 Å². The zero-order chi connectivity index (χ0) is 14.4. The van der Waals surface area contributed by atoms with E-state index in [1.807, 2.05) is 12.1 Å². The molecule has 2 rings (SSSR count). The monoisotopic (exact) mass is 306 g/mol. The molecule has 0 saturated heterocycles. The second kappa shape index (κ2) is 6.98. The van der Waals surface area contributed by atoms with Crippen molar-refractivity contribution < 1.29 is 4.79 Å². The van der Waals surface area contributed by atoms with E-state index >= 15 is 0 Å². The molecule has 0 fully saturated rings. The molecule has 102 valence electrons. The molecule has 0 spiro atoms. The molecular weight excluding hydrogens is 295 g/mol. The Hall–Kier alpha value is -1.97. The van der Waals surface area contributed by atoms with E-state index in [1.165, 1.54) is 0 Å². The Morgan fingerprint density at radius 3 is 2.05 bits per heavy atom. The van der Waals surface area contributed by atoms with E-state index in [2.05, 4.69) is 10.6 Å². The zero-order valence-electron chi connectivity index (χ0n) is 10.4. The fourth-order valence-electron chi connectivity index (χ4n) is 1.49. The van der Waals surface area contributed by atoms with Gasteiger partial charge in [-0.3, -0.25) is 0 Å². The van der Waals surface area contributed by atoms with Gasteiger partial charge in [-0.15, -0.1) is 0 Å². The van der Waals surface area contributed by atoms with E-state index in [0.717, 1.165) is 5.56 Å². The van der Waals surface area contributed by atoms with Gasteiger partial charge in [0.05, 0.1) is 0 Å². The van der Waals surface area contributed by atoms with Crippen LogP contribution < -0.4 is 10.6 Å². The normalized spacial score (nSPS) is 10.5. The van der Waals surface area contributed by atoms with E-state index in [0.29, 0.717) is 15.7 Å². The van der Waals surface area contributed by atoms with Crippen LogP contribution in [-0.4, -0.2) is 6.03 Å². The van der Waals surface area contributed by atoms with Crippen LogP contribution in [0.2, 0.25) is 10.0 Å². The highest BCUT2D eigenvalue weighted by molar-refractivity contribution is 6.30. The van der Waals surface area contributed by atoms with Gasteiger partial charge in [-0.2, -0.15) is 0 Å². The molecule has 0 aliphatic rings. The summed E-state index contributed by atoms with van der Waals surface area (Å²) in [5, 5.41) is 6.60. The number of hydrogen-bond donors (Lipinski definition) is 2. The van der Waals surface area contributed by atoms with Crippen molar-refractivity contribution in [3.05, 3.63) is 70.3 Å². The highest BCUT2D eigenvalue weighted by Gasteiger charge is 1.98. The van der Waals surface area contributed by atoms with Crippen molar-refractivity contribution in [3.8, 4) is 0 Å². The first kappa shape index (κ1) is 14.4. The van der Waals surface area contributed by atoms with E-state index in [-0.39, 0.29) is 6.03 Å². The van der Waals surface area contributed by atoms with Gasteiger partial charge in [-0.25, -0.2) is 4.79 Å². The lowest BCUT2D eigenvalue weighted by Crippen LogP contribution is -2.23. The zero-order valence-corrected chi connectivity index (χ0v) is 11.9. The van der Waals surface area contributed by atoms with E-state index in [9.17, 15) is 4.79 Å². The Balaban J connectivity index is 1.85. The Kier molecular flexibility index (Phi) is 5.04.